The SMILES string of the molecule is CC(C)c1ccc(-c2cnc(CCC(=O)Nc3ccc(N4CCN(C)CC4)cc3)o2)cc1. The van der Waals surface area contributed by atoms with Crippen LogP contribution in [0.4, 0.5) is 11.4 Å². The number of rotatable bonds is 7. The van der Waals surface area contributed by atoms with Crippen LogP contribution >= 0.6 is 0 Å². The molecule has 6 nitrogen and oxygen atoms in total. The molecule has 1 aliphatic heterocycles. The van der Waals surface area contributed by atoms with Gasteiger partial charge in [-0.1, -0.05) is 38.1 Å². The van der Waals surface area contributed by atoms with Crippen LogP contribution < -0.4 is 10.2 Å². The molecule has 0 bridgehead atoms. The van der Waals surface area contributed by atoms with Crippen molar-refractivity contribution in [2.24, 2.45) is 0 Å². The molecule has 1 N–H and O–H groups in total. The van der Waals surface area contributed by atoms with Crippen LogP contribution in [0.25, 0.3) is 11.3 Å². The minimum absolute atomic E-state index is 0.0432. The first kappa shape index (κ1) is 22.1. The first-order chi connectivity index (χ1) is 15.5. The lowest BCUT2D eigenvalue weighted by Crippen LogP contribution is -2.44. The lowest BCUT2D eigenvalue weighted by Gasteiger charge is -2.34. The van der Waals surface area contributed by atoms with E-state index in [9.17, 15) is 4.79 Å². The van der Waals surface area contributed by atoms with Crippen molar-refractivity contribution < 1.29 is 9.21 Å². The summed E-state index contributed by atoms with van der Waals surface area (Å²) < 4.78 is 5.86. The average molecular weight is 433 g/mol. The number of anilines is 2. The van der Waals surface area contributed by atoms with Crippen LogP contribution in [-0.2, 0) is 11.2 Å². The Kier molecular flexibility index (Phi) is 6.90. The van der Waals surface area contributed by atoms with E-state index in [1.807, 2.05) is 12.1 Å². The van der Waals surface area contributed by atoms with Gasteiger partial charge >= 0.3 is 0 Å². The van der Waals surface area contributed by atoms with Crippen LogP contribution in [0.3, 0.4) is 0 Å². The van der Waals surface area contributed by atoms with E-state index in [2.05, 4.69) is 77.4 Å². The molecule has 6 heteroatoms. The van der Waals surface area contributed by atoms with Crippen molar-refractivity contribution >= 4 is 17.3 Å². The van der Waals surface area contributed by atoms with Crippen LogP contribution in [0.1, 0.15) is 37.6 Å². The zero-order valence-corrected chi connectivity index (χ0v) is 19.2. The lowest BCUT2D eigenvalue weighted by molar-refractivity contribution is -0.116. The Balaban J connectivity index is 1.27. The molecule has 0 saturated carbocycles. The quantitative estimate of drug-likeness (QED) is 0.582. The molecule has 0 spiro atoms. The molecular weight excluding hydrogens is 400 g/mol. The zero-order valence-electron chi connectivity index (χ0n) is 19.2. The van der Waals surface area contributed by atoms with Crippen molar-refractivity contribution in [3.63, 3.8) is 0 Å². The molecule has 1 aromatic heterocycles. The highest BCUT2D eigenvalue weighted by Gasteiger charge is 2.14. The number of aromatic nitrogens is 1. The maximum Gasteiger partial charge on any atom is 0.224 e. The van der Waals surface area contributed by atoms with E-state index in [4.69, 9.17) is 4.42 Å². The first-order valence-electron chi connectivity index (χ1n) is 11.4. The number of likely N-dealkylation sites (N-methyl/N-ethyl adjacent to an activating group) is 1. The Bertz CT molecular complexity index is 1020. The molecule has 2 aromatic carbocycles. The maximum absolute atomic E-state index is 12.4. The second-order valence-electron chi connectivity index (χ2n) is 8.78. The molecular formula is C26H32N4O2. The van der Waals surface area contributed by atoms with Crippen molar-refractivity contribution in [2.45, 2.75) is 32.6 Å². The molecule has 32 heavy (non-hydrogen) atoms. The average Bonchev–Trinajstić information content (AvgIpc) is 3.28. The van der Waals surface area contributed by atoms with Gasteiger partial charge in [0.2, 0.25) is 5.91 Å². The third-order valence-corrected chi connectivity index (χ3v) is 6.00. The molecule has 3 aromatic rings. The maximum atomic E-state index is 12.4. The van der Waals surface area contributed by atoms with Crippen LogP contribution in [0.5, 0.6) is 0 Å². The normalized spacial score (nSPS) is 14.7. The number of hydrogen-bond acceptors (Lipinski definition) is 5. The first-order valence-corrected chi connectivity index (χ1v) is 11.4. The Hall–Kier alpha value is -3.12. The summed E-state index contributed by atoms with van der Waals surface area (Å²) in [5, 5.41) is 2.97. The van der Waals surface area contributed by atoms with Crippen LogP contribution in [0.2, 0.25) is 0 Å². The van der Waals surface area contributed by atoms with Gasteiger partial charge in [-0.2, -0.15) is 0 Å². The van der Waals surface area contributed by atoms with Gasteiger partial charge in [0.1, 0.15) is 0 Å². The van der Waals surface area contributed by atoms with Gasteiger partial charge in [-0.05, 0) is 42.8 Å². The monoisotopic (exact) mass is 432 g/mol. The molecule has 0 aliphatic carbocycles. The standard InChI is InChI=1S/C26H32N4O2/c1-19(2)20-4-6-21(7-5-20)24-18-27-26(32-24)13-12-25(31)28-22-8-10-23(11-9-22)30-16-14-29(3)15-17-30/h4-11,18-19H,12-17H2,1-3H3,(H,28,31). The number of carbonyl (C=O) groups is 1. The van der Waals surface area contributed by atoms with Gasteiger partial charge in [0.05, 0.1) is 6.20 Å². The minimum atomic E-state index is -0.0432. The summed E-state index contributed by atoms with van der Waals surface area (Å²) in [5.41, 5.74) is 4.30. The number of hydrogen-bond donors (Lipinski definition) is 1. The Morgan fingerprint density at radius 1 is 1.03 bits per heavy atom. The third-order valence-electron chi connectivity index (χ3n) is 6.00. The van der Waals surface area contributed by atoms with Crippen molar-refractivity contribution in [1.82, 2.24) is 9.88 Å². The predicted molar refractivity (Wildman–Crippen MR) is 129 cm³/mol. The molecule has 168 valence electrons. The summed E-state index contributed by atoms with van der Waals surface area (Å²) in [6.45, 7) is 8.56. The number of benzene rings is 2. The summed E-state index contributed by atoms with van der Waals surface area (Å²) in [6.07, 6.45) is 2.52. The second kappa shape index (κ2) is 10.0. The number of nitrogens with one attached hydrogen (secondary N) is 1. The fraction of sp³-hybridized carbons (Fsp3) is 0.385. The Morgan fingerprint density at radius 2 is 1.72 bits per heavy atom. The van der Waals surface area contributed by atoms with E-state index in [1.54, 1.807) is 6.20 Å². The molecule has 4 rings (SSSR count). The predicted octanol–water partition coefficient (Wildman–Crippen LogP) is 4.79. The number of carbonyl (C=O) groups excluding carboxylic acids is 1. The van der Waals surface area contributed by atoms with Crippen molar-refractivity contribution in [3.8, 4) is 11.3 Å². The molecule has 1 amide bonds. The highest BCUT2D eigenvalue weighted by molar-refractivity contribution is 5.91. The lowest BCUT2D eigenvalue weighted by atomic mass is 10.0. The molecule has 2 heterocycles. The van der Waals surface area contributed by atoms with Crippen molar-refractivity contribution in [3.05, 3.63) is 66.2 Å². The number of piperazine rings is 1. The second-order valence-corrected chi connectivity index (χ2v) is 8.78. The molecule has 0 unspecified atom stereocenters. The van der Waals surface area contributed by atoms with Crippen LogP contribution in [-0.4, -0.2) is 49.0 Å². The van der Waals surface area contributed by atoms with Crippen LogP contribution in [0.15, 0.2) is 59.1 Å². The Morgan fingerprint density at radius 3 is 2.38 bits per heavy atom. The van der Waals surface area contributed by atoms with Gasteiger partial charge in [-0.15, -0.1) is 0 Å². The van der Waals surface area contributed by atoms with Crippen molar-refractivity contribution in [2.75, 3.05) is 43.4 Å². The van der Waals surface area contributed by atoms with E-state index in [0.717, 1.165) is 43.2 Å². The molecule has 0 radical (unpaired) electrons. The van der Waals surface area contributed by atoms with Gasteiger partial charge in [0.15, 0.2) is 11.7 Å². The van der Waals surface area contributed by atoms with Gasteiger partial charge in [0.25, 0.3) is 0 Å². The highest BCUT2D eigenvalue weighted by Crippen LogP contribution is 2.24. The molecule has 1 aliphatic rings. The summed E-state index contributed by atoms with van der Waals surface area (Å²) in [5.74, 6) is 1.76. The van der Waals surface area contributed by atoms with Gasteiger partial charge in [0, 0.05) is 56.0 Å². The third kappa shape index (κ3) is 5.56. The van der Waals surface area contributed by atoms with E-state index < -0.39 is 0 Å². The highest BCUT2D eigenvalue weighted by atomic mass is 16.4. The van der Waals surface area contributed by atoms with E-state index in [0.29, 0.717) is 24.7 Å². The number of amides is 1. The topological polar surface area (TPSA) is 61.6 Å². The molecule has 1 fully saturated rings. The molecule has 0 atom stereocenters. The van der Waals surface area contributed by atoms with E-state index in [1.165, 1.54) is 11.3 Å². The minimum Gasteiger partial charge on any atom is -0.441 e. The summed E-state index contributed by atoms with van der Waals surface area (Å²) in [4.78, 5) is 21.4. The number of nitrogens with zero attached hydrogens (tertiary/aromatic N) is 3. The number of aryl methyl sites for hydroxylation is 1. The summed E-state index contributed by atoms with van der Waals surface area (Å²) in [7, 11) is 2.15. The summed E-state index contributed by atoms with van der Waals surface area (Å²) in [6, 6.07) is 16.4. The fourth-order valence-electron chi connectivity index (χ4n) is 3.86. The largest absolute Gasteiger partial charge is 0.441 e. The van der Waals surface area contributed by atoms with Gasteiger partial charge < -0.3 is 19.5 Å². The van der Waals surface area contributed by atoms with Crippen LogP contribution in [0, 0.1) is 0 Å². The molecule has 1 saturated heterocycles. The summed E-state index contributed by atoms with van der Waals surface area (Å²) >= 11 is 0. The smallest absolute Gasteiger partial charge is 0.224 e. The number of oxazole rings is 1. The van der Waals surface area contributed by atoms with Gasteiger partial charge in [-0.25, -0.2) is 4.98 Å². The Labute approximate surface area is 190 Å². The van der Waals surface area contributed by atoms with E-state index in [-0.39, 0.29) is 5.91 Å². The zero-order chi connectivity index (χ0) is 22.5. The van der Waals surface area contributed by atoms with Crippen molar-refractivity contribution in [1.29, 1.82) is 0 Å². The van der Waals surface area contributed by atoms with Gasteiger partial charge in [-0.3, -0.25) is 4.79 Å². The fourth-order valence-corrected chi connectivity index (χ4v) is 3.86. The van der Waals surface area contributed by atoms with E-state index >= 15 is 0 Å².